The highest BCUT2D eigenvalue weighted by molar-refractivity contribution is 14.0. The normalized spacial score (nSPS) is 12.5. The summed E-state index contributed by atoms with van der Waals surface area (Å²) in [6.45, 7) is 5.81. The van der Waals surface area contributed by atoms with Crippen molar-refractivity contribution in [1.82, 2.24) is 5.32 Å². The third-order valence-corrected chi connectivity index (χ3v) is 2.91. The first kappa shape index (κ1) is 18.0. The van der Waals surface area contributed by atoms with Crippen LogP contribution in [0, 0.1) is 0 Å². The first-order valence-electron chi connectivity index (χ1n) is 6.46. The Morgan fingerprint density at radius 1 is 1.37 bits per heavy atom. The summed E-state index contributed by atoms with van der Waals surface area (Å²) in [4.78, 5) is 6.55. The SMILES string of the molecule is CCCNC(N)=NCC(C)N(C)c1ccccc1.I. The molecule has 0 aliphatic rings. The molecule has 0 aliphatic heterocycles. The molecule has 5 heteroatoms. The van der Waals surface area contributed by atoms with Crippen molar-refractivity contribution in [3.63, 3.8) is 0 Å². The standard InChI is InChI=1S/C14H24N4.HI/c1-4-10-16-14(15)17-11-12(2)18(3)13-8-6-5-7-9-13;/h5-9,12H,4,10-11H2,1-3H3,(H3,15,16,17);1H. The van der Waals surface area contributed by atoms with Gasteiger partial charge in [-0.05, 0) is 25.5 Å². The Hall–Kier alpha value is -0.980. The van der Waals surface area contributed by atoms with E-state index in [1.54, 1.807) is 0 Å². The predicted octanol–water partition coefficient (Wildman–Crippen LogP) is 2.44. The second kappa shape index (κ2) is 9.89. The summed E-state index contributed by atoms with van der Waals surface area (Å²) in [5, 5.41) is 3.08. The number of likely N-dealkylation sites (N-methyl/N-ethyl adjacent to an activating group) is 1. The molecule has 0 amide bonds. The van der Waals surface area contributed by atoms with Crippen molar-refractivity contribution in [3.05, 3.63) is 30.3 Å². The molecule has 0 aromatic heterocycles. The number of hydrogen-bond acceptors (Lipinski definition) is 2. The second-order valence-corrected chi connectivity index (χ2v) is 4.45. The maximum absolute atomic E-state index is 5.77. The molecule has 4 nitrogen and oxygen atoms in total. The lowest BCUT2D eigenvalue weighted by molar-refractivity contribution is 0.691. The van der Waals surface area contributed by atoms with Crippen molar-refractivity contribution >= 4 is 35.6 Å². The van der Waals surface area contributed by atoms with Crippen LogP contribution in [0.3, 0.4) is 0 Å². The molecule has 0 heterocycles. The Morgan fingerprint density at radius 2 is 2.00 bits per heavy atom. The molecule has 0 spiro atoms. The van der Waals surface area contributed by atoms with Crippen molar-refractivity contribution in [2.24, 2.45) is 10.7 Å². The topological polar surface area (TPSA) is 53.6 Å². The van der Waals surface area contributed by atoms with Gasteiger partial charge in [-0.3, -0.25) is 4.99 Å². The van der Waals surface area contributed by atoms with Crippen LogP contribution in [0.5, 0.6) is 0 Å². The zero-order valence-corrected chi connectivity index (χ0v) is 14.3. The van der Waals surface area contributed by atoms with Crippen LogP contribution in [0.25, 0.3) is 0 Å². The van der Waals surface area contributed by atoms with Crippen LogP contribution >= 0.6 is 24.0 Å². The third kappa shape index (κ3) is 6.66. The molecule has 0 bridgehead atoms. The van der Waals surface area contributed by atoms with Gasteiger partial charge >= 0.3 is 0 Å². The molecule has 1 unspecified atom stereocenters. The maximum Gasteiger partial charge on any atom is 0.188 e. The van der Waals surface area contributed by atoms with Gasteiger partial charge in [0.1, 0.15) is 0 Å². The van der Waals surface area contributed by atoms with Gasteiger partial charge in [-0.2, -0.15) is 0 Å². The number of benzene rings is 1. The van der Waals surface area contributed by atoms with Crippen LogP contribution < -0.4 is 16.0 Å². The number of nitrogens with two attached hydrogens (primary N) is 1. The van der Waals surface area contributed by atoms with E-state index >= 15 is 0 Å². The lowest BCUT2D eigenvalue weighted by Crippen LogP contribution is -2.36. The summed E-state index contributed by atoms with van der Waals surface area (Å²) in [7, 11) is 2.07. The van der Waals surface area contributed by atoms with E-state index in [1.807, 2.05) is 18.2 Å². The minimum absolute atomic E-state index is 0. The van der Waals surface area contributed by atoms with Crippen LogP contribution in [0.4, 0.5) is 5.69 Å². The monoisotopic (exact) mass is 376 g/mol. The molecule has 0 aliphatic carbocycles. The van der Waals surface area contributed by atoms with Crippen LogP contribution in [0.2, 0.25) is 0 Å². The number of para-hydroxylation sites is 1. The fraction of sp³-hybridized carbons (Fsp3) is 0.500. The predicted molar refractivity (Wildman–Crippen MR) is 94.5 cm³/mol. The zero-order chi connectivity index (χ0) is 13.4. The van der Waals surface area contributed by atoms with Crippen molar-refractivity contribution in [2.75, 3.05) is 25.0 Å². The number of guanidine groups is 1. The van der Waals surface area contributed by atoms with E-state index in [0.29, 0.717) is 18.5 Å². The molecule has 1 atom stereocenters. The summed E-state index contributed by atoms with van der Waals surface area (Å²) in [5.74, 6) is 0.533. The Bertz CT molecular complexity index is 367. The number of aliphatic imine (C=N–C) groups is 1. The minimum atomic E-state index is 0. The number of halogens is 1. The third-order valence-electron chi connectivity index (χ3n) is 2.91. The zero-order valence-electron chi connectivity index (χ0n) is 12.0. The van der Waals surface area contributed by atoms with Gasteiger partial charge in [0.05, 0.1) is 6.54 Å². The first-order valence-corrected chi connectivity index (χ1v) is 6.46. The number of nitrogens with one attached hydrogen (secondary N) is 1. The van der Waals surface area contributed by atoms with E-state index in [-0.39, 0.29) is 24.0 Å². The van der Waals surface area contributed by atoms with Gasteiger partial charge in [0.15, 0.2) is 5.96 Å². The van der Waals surface area contributed by atoms with E-state index < -0.39 is 0 Å². The molecule has 1 aromatic rings. The van der Waals surface area contributed by atoms with Crippen LogP contribution in [0.1, 0.15) is 20.3 Å². The molecule has 0 saturated carbocycles. The number of rotatable bonds is 6. The van der Waals surface area contributed by atoms with Crippen molar-refractivity contribution < 1.29 is 0 Å². The summed E-state index contributed by atoms with van der Waals surface area (Å²) in [5.41, 5.74) is 6.96. The minimum Gasteiger partial charge on any atom is -0.370 e. The molecule has 0 radical (unpaired) electrons. The second-order valence-electron chi connectivity index (χ2n) is 4.45. The Balaban J connectivity index is 0.00000324. The Kier molecular flexibility index (Phi) is 9.38. The van der Waals surface area contributed by atoms with E-state index in [4.69, 9.17) is 5.73 Å². The first-order chi connectivity index (χ1) is 8.65. The summed E-state index contributed by atoms with van der Waals surface area (Å²) in [6.07, 6.45) is 1.05. The van der Waals surface area contributed by atoms with Gasteiger partial charge in [-0.1, -0.05) is 25.1 Å². The molecule has 1 aromatic carbocycles. The smallest absolute Gasteiger partial charge is 0.188 e. The molecule has 0 fully saturated rings. The van der Waals surface area contributed by atoms with E-state index in [0.717, 1.165) is 13.0 Å². The number of anilines is 1. The van der Waals surface area contributed by atoms with E-state index in [1.165, 1.54) is 5.69 Å². The average Bonchev–Trinajstić information content (AvgIpc) is 2.42. The van der Waals surface area contributed by atoms with E-state index in [9.17, 15) is 0 Å². The Labute approximate surface area is 133 Å². The van der Waals surface area contributed by atoms with Crippen molar-refractivity contribution in [2.45, 2.75) is 26.3 Å². The van der Waals surface area contributed by atoms with Crippen molar-refractivity contribution in [3.8, 4) is 0 Å². The molecule has 19 heavy (non-hydrogen) atoms. The quantitative estimate of drug-likeness (QED) is 0.456. The van der Waals surface area contributed by atoms with Gasteiger partial charge in [-0.15, -0.1) is 24.0 Å². The fourth-order valence-electron chi connectivity index (χ4n) is 1.58. The lowest BCUT2D eigenvalue weighted by Gasteiger charge is -2.25. The molecule has 1 rings (SSSR count). The molecule has 108 valence electrons. The van der Waals surface area contributed by atoms with Crippen LogP contribution in [-0.4, -0.2) is 32.1 Å². The van der Waals surface area contributed by atoms with Gasteiger partial charge < -0.3 is 16.0 Å². The highest BCUT2D eigenvalue weighted by atomic mass is 127. The molecule has 0 saturated heterocycles. The van der Waals surface area contributed by atoms with Crippen LogP contribution in [-0.2, 0) is 0 Å². The van der Waals surface area contributed by atoms with E-state index in [2.05, 4.69) is 48.2 Å². The van der Waals surface area contributed by atoms with Gasteiger partial charge in [0.25, 0.3) is 0 Å². The highest BCUT2D eigenvalue weighted by Crippen LogP contribution is 2.13. The highest BCUT2D eigenvalue weighted by Gasteiger charge is 2.08. The summed E-state index contributed by atoms with van der Waals surface area (Å²) < 4.78 is 0. The van der Waals surface area contributed by atoms with Crippen molar-refractivity contribution in [1.29, 1.82) is 0 Å². The van der Waals surface area contributed by atoms with Gasteiger partial charge in [0.2, 0.25) is 0 Å². The lowest BCUT2D eigenvalue weighted by atomic mass is 10.2. The molecular formula is C14H25IN4. The summed E-state index contributed by atoms with van der Waals surface area (Å²) in [6, 6.07) is 10.6. The average molecular weight is 376 g/mol. The molecule has 3 N–H and O–H groups in total. The maximum atomic E-state index is 5.77. The van der Waals surface area contributed by atoms with Gasteiger partial charge in [0, 0.05) is 25.3 Å². The van der Waals surface area contributed by atoms with Gasteiger partial charge in [-0.25, -0.2) is 0 Å². The fourth-order valence-corrected chi connectivity index (χ4v) is 1.58. The largest absolute Gasteiger partial charge is 0.370 e. The Morgan fingerprint density at radius 3 is 2.58 bits per heavy atom. The van der Waals surface area contributed by atoms with Crippen LogP contribution in [0.15, 0.2) is 35.3 Å². The summed E-state index contributed by atoms with van der Waals surface area (Å²) >= 11 is 0. The number of nitrogens with zero attached hydrogens (tertiary/aromatic N) is 2. The molecular weight excluding hydrogens is 351 g/mol. The number of hydrogen-bond donors (Lipinski definition) is 2.